The molecule has 78 valence electrons. The number of fused-ring (bicyclic) bond motifs is 1. The molecule has 0 N–H and O–H groups in total. The summed E-state index contributed by atoms with van der Waals surface area (Å²) in [5.74, 6) is 0.989. The standard InChI is InChI=1S/C12H14N2O/c1-8(2)14-9(3)13-11-6-10(7-15)4-5-12(11)14/h4-8H,1-3H3. The van der Waals surface area contributed by atoms with Crippen molar-refractivity contribution < 1.29 is 4.79 Å². The van der Waals surface area contributed by atoms with Crippen molar-refractivity contribution in [1.82, 2.24) is 9.55 Å². The number of hydrogen-bond acceptors (Lipinski definition) is 2. The fourth-order valence-electron chi connectivity index (χ4n) is 1.96. The van der Waals surface area contributed by atoms with Crippen LogP contribution in [0.15, 0.2) is 18.2 Å². The number of benzene rings is 1. The molecule has 0 aliphatic heterocycles. The molecule has 2 aromatic rings. The van der Waals surface area contributed by atoms with Crippen LogP contribution in [0, 0.1) is 6.92 Å². The highest BCUT2D eigenvalue weighted by atomic mass is 16.1. The zero-order valence-electron chi connectivity index (χ0n) is 9.19. The Kier molecular flexibility index (Phi) is 2.31. The normalized spacial score (nSPS) is 11.2. The van der Waals surface area contributed by atoms with E-state index in [-0.39, 0.29) is 0 Å². The van der Waals surface area contributed by atoms with Crippen molar-refractivity contribution in [2.45, 2.75) is 26.8 Å². The zero-order chi connectivity index (χ0) is 11.0. The van der Waals surface area contributed by atoms with E-state index in [1.165, 1.54) is 0 Å². The van der Waals surface area contributed by atoms with E-state index in [4.69, 9.17) is 0 Å². The Labute approximate surface area is 88.7 Å². The minimum atomic E-state index is 0.386. The third-order valence-electron chi connectivity index (χ3n) is 2.54. The Balaban J connectivity index is 2.73. The molecule has 0 atom stereocenters. The van der Waals surface area contributed by atoms with Gasteiger partial charge in [0.1, 0.15) is 12.1 Å². The maximum absolute atomic E-state index is 10.6. The van der Waals surface area contributed by atoms with Crippen LogP contribution in [0.1, 0.15) is 36.1 Å². The summed E-state index contributed by atoms with van der Waals surface area (Å²) < 4.78 is 2.17. The van der Waals surface area contributed by atoms with Crippen molar-refractivity contribution in [3.8, 4) is 0 Å². The van der Waals surface area contributed by atoms with E-state index in [9.17, 15) is 4.79 Å². The van der Waals surface area contributed by atoms with Gasteiger partial charge in [-0.05, 0) is 39.0 Å². The average Bonchev–Trinajstić information content (AvgIpc) is 2.52. The molecular formula is C12H14N2O. The molecule has 0 aliphatic carbocycles. The van der Waals surface area contributed by atoms with Crippen molar-refractivity contribution in [2.75, 3.05) is 0 Å². The number of carbonyl (C=O) groups excluding carboxylic acids is 1. The lowest BCUT2D eigenvalue weighted by Crippen LogP contribution is -2.02. The van der Waals surface area contributed by atoms with Crippen molar-refractivity contribution in [3.05, 3.63) is 29.6 Å². The Morgan fingerprint density at radius 2 is 2.13 bits per heavy atom. The van der Waals surface area contributed by atoms with Crippen LogP contribution < -0.4 is 0 Å². The Morgan fingerprint density at radius 3 is 2.73 bits per heavy atom. The van der Waals surface area contributed by atoms with E-state index in [1.54, 1.807) is 0 Å². The van der Waals surface area contributed by atoms with Gasteiger partial charge in [-0.1, -0.05) is 0 Å². The SMILES string of the molecule is Cc1nc2cc(C=O)ccc2n1C(C)C. The molecule has 1 aromatic heterocycles. The first-order chi connectivity index (χ1) is 7.13. The summed E-state index contributed by atoms with van der Waals surface area (Å²) in [7, 11) is 0. The van der Waals surface area contributed by atoms with Gasteiger partial charge in [0, 0.05) is 11.6 Å². The second-order valence-electron chi connectivity index (χ2n) is 3.99. The molecule has 15 heavy (non-hydrogen) atoms. The van der Waals surface area contributed by atoms with Crippen LogP contribution in [0.4, 0.5) is 0 Å². The Hall–Kier alpha value is -1.64. The summed E-state index contributed by atoms with van der Waals surface area (Å²) in [4.78, 5) is 15.1. The predicted molar refractivity (Wildman–Crippen MR) is 60.2 cm³/mol. The smallest absolute Gasteiger partial charge is 0.150 e. The van der Waals surface area contributed by atoms with Crippen molar-refractivity contribution in [1.29, 1.82) is 0 Å². The van der Waals surface area contributed by atoms with Crippen LogP contribution in [0.25, 0.3) is 11.0 Å². The van der Waals surface area contributed by atoms with Crippen LogP contribution >= 0.6 is 0 Å². The fraction of sp³-hybridized carbons (Fsp3) is 0.333. The quantitative estimate of drug-likeness (QED) is 0.702. The number of carbonyl (C=O) groups is 1. The van der Waals surface area contributed by atoms with Gasteiger partial charge in [-0.2, -0.15) is 0 Å². The molecule has 0 unspecified atom stereocenters. The monoisotopic (exact) mass is 202 g/mol. The highest BCUT2D eigenvalue weighted by Crippen LogP contribution is 2.21. The molecular weight excluding hydrogens is 188 g/mol. The first-order valence-electron chi connectivity index (χ1n) is 5.07. The van der Waals surface area contributed by atoms with Gasteiger partial charge < -0.3 is 4.57 Å². The van der Waals surface area contributed by atoms with E-state index in [1.807, 2.05) is 25.1 Å². The van der Waals surface area contributed by atoms with Gasteiger partial charge in [-0.3, -0.25) is 4.79 Å². The van der Waals surface area contributed by atoms with E-state index in [0.29, 0.717) is 11.6 Å². The van der Waals surface area contributed by atoms with Gasteiger partial charge in [0.2, 0.25) is 0 Å². The molecule has 0 aliphatic rings. The van der Waals surface area contributed by atoms with Crippen LogP contribution in [-0.2, 0) is 0 Å². The van der Waals surface area contributed by atoms with E-state index in [2.05, 4.69) is 23.4 Å². The molecule has 2 rings (SSSR count). The fourth-order valence-corrected chi connectivity index (χ4v) is 1.96. The Morgan fingerprint density at radius 1 is 1.40 bits per heavy atom. The summed E-state index contributed by atoms with van der Waals surface area (Å²) in [6.07, 6.45) is 0.850. The molecule has 0 saturated carbocycles. The van der Waals surface area contributed by atoms with E-state index < -0.39 is 0 Å². The largest absolute Gasteiger partial charge is 0.326 e. The van der Waals surface area contributed by atoms with E-state index >= 15 is 0 Å². The molecule has 1 heterocycles. The molecule has 0 fully saturated rings. The number of rotatable bonds is 2. The van der Waals surface area contributed by atoms with Gasteiger partial charge >= 0.3 is 0 Å². The second kappa shape index (κ2) is 3.50. The Bertz CT molecular complexity index is 512. The number of aryl methyl sites for hydroxylation is 1. The van der Waals surface area contributed by atoms with Crippen LogP contribution in [-0.4, -0.2) is 15.8 Å². The maximum atomic E-state index is 10.6. The third kappa shape index (κ3) is 1.54. The van der Waals surface area contributed by atoms with Crippen molar-refractivity contribution >= 4 is 17.3 Å². The lowest BCUT2D eigenvalue weighted by molar-refractivity contribution is 0.112. The number of aromatic nitrogens is 2. The highest BCUT2D eigenvalue weighted by Gasteiger charge is 2.09. The number of hydrogen-bond donors (Lipinski definition) is 0. The number of imidazole rings is 1. The molecule has 3 heteroatoms. The predicted octanol–water partition coefficient (Wildman–Crippen LogP) is 2.74. The van der Waals surface area contributed by atoms with Crippen LogP contribution in [0.3, 0.4) is 0 Å². The molecule has 0 saturated heterocycles. The molecule has 0 radical (unpaired) electrons. The molecule has 3 nitrogen and oxygen atoms in total. The summed E-state index contributed by atoms with van der Waals surface area (Å²) in [5, 5.41) is 0. The summed E-state index contributed by atoms with van der Waals surface area (Å²) in [6.45, 7) is 6.24. The summed E-state index contributed by atoms with van der Waals surface area (Å²) in [5.41, 5.74) is 2.66. The van der Waals surface area contributed by atoms with Crippen LogP contribution in [0.5, 0.6) is 0 Å². The lowest BCUT2D eigenvalue weighted by Gasteiger charge is -2.10. The van der Waals surface area contributed by atoms with Gasteiger partial charge in [-0.15, -0.1) is 0 Å². The topological polar surface area (TPSA) is 34.9 Å². The number of aldehydes is 1. The van der Waals surface area contributed by atoms with Crippen LogP contribution in [0.2, 0.25) is 0 Å². The zero-order valence-corrected chi connectivity index (χ0v) is 9.19. The lowest BCUT2D eigenvalue weighted by atomic mass is 10.2. The highest BCUT2D eigenvalue weighted by molar-refractivity contribution is 5.85. The van der Waals surface area contributed by atoms with Gasteiger partial charge in [0.15, 0.2) is 0 Å². The van der Waals surface area contributed by atoms with E-state index in [0.717, 1.165) is 23.1 Å². The minimum absolute atomic E-state index is 0.386. The minimum Gasteiger partial charge on any atom is -0.326 e. The first kappa shape index (κ1) is 9.90. The maximum Gasteiger partial charge on any atom is 0.150 e. The number of nitrogens with zero attached hydrogens (tertiary/aromatic N) is 2. The van der Waals surface area contributed by atoms with Crippen molar-refractivity contribution in [2.24, 2.45) is 0 Å². The van der Waals surface area contributed by atoms with Gasteiger partial charge in [-0.25, -0.2) is 4.98 Å². The summed E-state index contributed by atoms with van der Waals surface area (Å²) in [6, 6.07) is 6.00. The van der Waals surface area contributed by atoms with Crippen molar-refractivity contribution in [3.63, 3.8) is 0 Å². The van der Waals surface area contributed by atoms with Gasteiger partial charge in [0.05, 0.1) is 11.0 Å². The first-order valence-corrected chi connectivity index (χ1v) is 5.07. The molecule has 1 aromatic carbocycles. The molecule has 0 spiro atoms. The second-order valence-corrected chi connectivity index (χ2v) is 3.99. The molecule has 0 bridgehead atoms. The average molecular weight is 202 g/mol. The molecule has 0 amide bonds. The third-order valence-corrected chi connectivity index (χ3v) is 2.54. The summed E-state index contributed by atoms with van der Waals surface area (Å²) >= 11 is 0. The van der Waals surface area contributed by atoms with Gasteiger partial charge in [0.25, 0.3) is 0 Å².